The first kappa shape index (κ1) is 14.2. The van der Waals surface area contributed by atoms with Gasteiger partial charge in [-0.15, -0.1) is 0 Å². The molecule has 0 amide bonds. The van der Waals surface area contributed by atoms with Gasteiger partial charge in [-0.3, -0.25) is 4.68 Å². The van der Waals surface area contributed by atoms with Crippen molar-refractivity contribution in [1.82, 2.24) is 14.7 Å². The lowest BCUT2D eigenvalue weighted by atomic mass is 10.1. The first-order chi connectivity index (χ1) is 8.15. The summed E-state index contributed by atoms with van der Waals surface area (Å²) in [5, 5.41) is 14.0. The summed E-state index contributed by atoms with van der Waals surface area (Å²) in [4.78, 5) is 2.34. The topological polar surface area (TPSA) is 41.3 Å². The predicted molar refractivity (Wildman–Crippen MR) is 69.9 cm³/mol. The largest absolute Gasteiger partial charge is 0.393 e. The van der Waals surface area contributed by atoms with Gasteiger partial charge in [0.25, 0.3) is 0 Å². The third-order valence-electron chi connectivity index (χ3n) is 3.20. The molecular formula is C13H25N3O. The van der Waals surface area contributed by atoms with Gasteiger partial charge in [0.05, 0.1) is 12.3 Å². The molecule has 1 rings (SSSR count). The van der Waals surface area contributed by atoms with Crippen LogP contribution < -0.4 is 0 Å². The molecule has 1 heterocycles. The average Bonchev–Trinajstić information content (AvgIpc) is 2.74. The zero-order valence-corrected chi connectivity index (χ0v) is 11.3. The lowest BCUT2D eigenvalue weighted by Gasteiger charge is -2.19. The highest BCUT2D eigenvalue weighted by molar-refractivity contribution is 5.03. The van der Waals surface area contributed by atoms with Crippen LogP contribution in [0.1, 0.15) is 32.3 Å². The molecule has 4 nitrogen and oxygen atoms in total. The Morgan fingerprint density at radius 3 is 2.59 bits per heavy atom. The van der Waals surface area contributed by atoms with Crippen LogP contribution in [0, 0.1) is 0 Å². The number of rotatable bonds is 8. The fourth-order valence-electron chi connectivity index (χ4n) is 1.95. The Balaban J connectivity index is 2.18. The number of hydrogen-bond donors (Lipinski definition) is 1. The summed E-state index contributed by atoms with van der Waals surface area (Å²) in [7, 11) is 1.92. The van der Waals surface area contributed by atoms with Crippen LogP contribution in [0.15, 0.2) is 12.4 Å². The summed E-state index contributed by atoms with van der Waals surface area (Å²) < 4.78 is 1.80. The van der Waals surface area contributed by atoms with Gasteiger partial charge in [0, 0.05) is 19.8 Å². The maximum atomic E-state index is 9.90. The highest BCUT2D eigenvalue weighted by atomic mass is 16.3. The third-order valence-corrected chi connectivity index (χ3v) is 3.20. The molecule has 1 aromatic heterocycles. The quantitative estimate of drug-likeness (QED) is 0.746. The Morgan fingerprint density at radius 1 is 1.35 bits per heavy atom. The van der Waals surface area contributed by atoms with E-state index in [1.807, 2.05) is 19.4 Å². The fraction of sp³-hybridized carbons (Fsp3) is 0.769. The minimum absolute atomic E-state index is 0.198. The number of nitrogens with zero attached hydrogens (tertiary/aromatic N) is 3. The first-order valence-electron chi connectivity index (χ1n) is 6.53. The summed E-state index contributed by atoms with van der Waals surface area (Å²) in [6, 6.07) is 0. The molecule has 1 unspecified atom stereocenters. The molecule has 0 fully saturated rings. The molecule has 4 heteroatoms. The summed E-state index contributed by atoms with van der Waals surface area (Å²) in [5.41, 5.74) is 1.20. The van der Waals surface area contributed by atoms with Crippen molar-refractivity contribution >= 4 is 0 Å². The standard InChI is InChI=1S/C13H25N3O/c1-4-16(5-2)9-8-13(17)7-6-12-10-14-15(3)11-12/h10-11,13,17H,4-9H2,1-3H3. The normalized spacial score (nSPS) is 13.2. The van der Waals surface area contributed by atoms with Crippen molar-refractivity contribution in [3.05, 3.63) is 18.0 Å². The molecular weight excluding hydrogens is 214 g/mol. The lowest BCUT2D eigenvalue weighted by molar-refractivity contribution is 0.135. The molecule has 0 aliphatic heterocycles. The minimum Gasteiger partial charge on any atom is -0.393 e. The van der Waals surface area contributed by atoms with E-state index in [9.17, 15) is 5.11 Å². The van der Waals surface area contributed by atoms with Crippen molar-refractivity contribution in [3.63, 3.8) is 0 Å². The summed E-state index contributed by atoms with van der Waals surface area (Å²) in [6.07, 6.45) is 6.28. The first-order valence-corrected chi connectivity index (χ1v) is 6.53. The highest BCUT2D eigenvalue weighted by Crippen LogP contribution is 2.07. The Hall–Kier alpha value is -0.870. The van der Waals surface area contributed by atoms with Crippen LogP contribution in [0.4, 0.5) is 0 Å². The fourth-order valence-corrected chi connectivity index (χ4v) is 1.95. The molecule has 1 N–H and O–H groups in total. The molecule has 0 saturated heterocycles. The zero-order valence-electron chi connectivity index (χ0n) is 11.3. The molecule has 1 atom stereocenters. The maximum Gasteiger partial charge on any atom is 0.0555 e. The second kappa shape index (κ2) is 7.45. The molecule has 0 aliphatic carbocycles. The van der Waals surface area contributed by atoms with E-state index in [0.29, 0.717) is 0 Å². The Labute approximate surface area is 104 Å². The molecule has 17 heavy (non-hydrogen) atoms. The molecule has 0 bridgehead atoms. The zero-order chi connectivity index (χ0) is 12.7. The number of aryl methyl sites for hydroxylation is 2. The number of aliphatic hydroxyl groups excluding tert-OH is 1. The van der Waals surface area contributed by atoms with Crippen molar-refractivity contribution in [3.8, 4) is 0 Å². The monoisotopic (exact) mass is 239 g/mol. The molecule has 98 valence electrons. The van der Waals surface area contributed by atoms with Crippen LogP contribution in [-0.4, -0.2) is 45.5 Å². The van der Waals surface area contributed by atoms with E-state index in [2.05, 4.69) is 23.8 Å². The predicted octanol–water partition coefficient (Wildman–Crippen LogP) is 1.45. The van der Waals surface area contributed by atoms with Crippen LogP contribution in [0.5, 0.6) is 0 Å². The van der Waals surface area contributed by atoms with Gasteiger partial charge in [0.1, 0.15) is 0 Å². The third kappa shape index (κ3) is 5.33. The Kier molecular flexibility index (Phi) is 6.22. The number of aromatic nitrogens is 2. The van der Waals surface area contributed by atoms with Gasteiger partial charge in [-0.2, -0.15) is 5.10 Å². The van der Waals surface area contributed by atoms with E-state index in [1.54, 1.807) is 4.68 Å². The van der Waals surface area contributed by atoms with Gasteiger partial charge >= 0.3 is 0 Å². The van der Waals surface area contributed by atoms with E-state index in [1.165, 1.54) is 5.56 Å². The minimum atomic E-state index is -0.198. The summed E-state index contributed by atoms with van der Waals surface area (Å²) in [6.45, 7) is 7.43. The number of hydrogen-bond acceptors (Lipinski definition) is 3. The van der Waals surface area contributed by atoms with Gasteiger partial charge in [0.15, 0.2) is 0 Å². The molecule has 0 saturated carbocycles. The maximum absolute atomic E-state index is 9.90. The van der Waals surface area contributed by atoms with Gasteiger partial charge in [-0.25, -0.2) is 0 Å². The van der Waals surface area contributed by atoms with Crippen molar-refractivity contribution in [2.45, 2.75) is 39.2 Å². The van der Waals surface area contributed by atoms with E-state index in [0.717, 1.165) is 38.9 Å². The van der Waals surface area contributed by atoms with Crippen molar-refractivity contribution in [1.29, 1.82) is 0 Å². The van der Waals surface area contributed by atoms with E-state index in [4.69, 9.17) is 0 Å². The van der Waals surface area contributed by atoms with Gasteiger partial charge in [-0.05, 0) is 37.9 Å². The van der Waals surface area contributed by atoms with Crippen molar-refractivity contribution in [2.75, 3.05) is 19.6 Å². The van der Waals surface area contributed by atoms with Crippen molar-refractivity contribution < 1.29 is 5.11 Å². The Morgan fingerprint density at radius 2 is 2.06 bits per heavy atom. The number of aliphatic hydroxyl groups is 1. The van der Waals surface area contributed by atoms with E-state index in [-0.39, 0.29) is 6.10 Å². The van der Waals surface area contributed by atoms with Crippen LogP contribution in [0.2, 0.25) is 0 Å². The second-order valence-electron chi connectivity index (χ2n) is 4.53. The van der Waals surface area contributed by atoms with E-state index >= 15 is 0 Å². The van der Waals surface area contributed by atoms with E-state index < -0.39 is 0 Å². The van der Waals surface area contributed by atoms with Gasteiger partial charge in [0.2, 0.25) is 0 Å². The molecule has 0 spiro atoms. The van der Waals surface area contributed by atoms with Gasteiger partial charge in [-0.1, -0.05) is 13.8 Å². The lowest BCUT2D eigenvalue weighted by Crippen LogP contribution is -2.27. The Bertz CT molecular complexity index is 307. The molecule has 1 aromatic rings. The van der Waals surface area contributed by atoms with Crippen LogP contribution >= 0.6 is 0 Å². The van der Waals surface area contributed by atoms with Crippen molar-refractivity contribution in [2.24, 2.45) is 7.05 Å². The smallest absolute Gasteiger partial charge is 0.0555 e. The summed E-state index contributed by atoms with van der Waals surface area (Å²) in [5.74, 6) is 0. The van der Waals surface area contributed by atoms with Crippen LogP contribution in [-0.2, 0) is 13.5 Å². The second-order valence-corrected chi connectivity index (χ2v) is 4.53. The summed E-state index contributed by atoms with van der Waals surface area (Å²) >= 11 is 0. The van der Waals surface area contributed by atoms with Crippen LogP contribution in [0.25, 0.3) is 0 Å². The molecule has 0 aromatic carbocycles. The SMILES string of the molecule is CCN(CC)CCC(O)CCc1cnn(C)c1. The van der Waals surface area contributed by atoms with Gasteiger partial charge < -0.3 is 10.0 Å². The molecule has 0 radical (unpaired) electrons. The molecule has 0 aliphatic rings. The van der Waals surface area contributed by atoms with Crippen LogP contribution in [0.3, 0.4) is 0 Å². The average molecular weight is 239 g/mol. The highest BCUT2D eigenvalue weighted by Gasteiger charge is 2.07.